The Bertz CT molecular complexity index is 560. The molecule has 6 nitrogen and oxygen atoms in total. The number of pyridine rings is 1. The van der Waals surface area contributed by atoms with E-state index in [1.165, 1.54) is 11.8 Å². The molecule has 0 bridgehead atoms. The average molecular weight is 297 g/mol. The zero-order valence-corrected chi connectivity index (χ0v) is 12.3. The highest BCUT2D eigenvalue weighted by atomic mass is 35.5. The van der Waals surface area contributed by atoms with Gasteiger partial charge in [0, 0.05) is 27.3 Å². The summed E-state index contributed by atoms with van der Waals surface area (Å²) in [5.41, 5.74) is 0. The molecule has 19 heavy (non-hydrogen) atoms. The molecule has 0 aliphatic heterocycles. The minimum Gasteiger partial charge on any atom is -0.357 e. The summed E-state index contributed by atoms with van der Waals surface area (Å²) in [5, 5.41) is 4.88. The van der Waals surface area contributed by atoms with Crippen LogP contribution >= 0.6 is 23.4 Å². The Hall–Kier alpha value is -1.60. The van der Waals surface area contributed by atoms with Crippen LogP contribution in [0.5, 0.6) is 0 Å². The van der Waals surface area contributed by atoms with E-state index >= 15 is 0 Å². The van der Waals surface area contributed by atoms with E-state index in [1.54, 1.807) is 19.3 Å². The van der Waals surface area contributed by atoms with Gasteiger partial charge < -0.3 is 10.2 Å². The number of nitrogens with one attached hydrogen (secondary N) is 1. The highest BCUT2D eigenvalue weighted by Gasteiger charge is 2.09. The van der Waals surface area contributed by atoms with E-state index in [0.29, 0.717) is 22.1 Å². The highest BCUT2D eigenvalue weighted by molar-refractivity contribution is 7.99. The van der Waals surface area contributed by atoms with E-state index < -0.39 is 0 Å². The lowest BCUT2D eigenvalue weighted by atomic mass is 10.5. The van der Waals surface area contributed by atoms with E-state index in [4.69, 9.17) is 11.6 Å². The van der Waals surface area contributed by atoms with Gasteiger partial charge in [0.1, 0.15) is 5.03 Å². The van der Waals surface area contributed by atoms with Crippen molar-refractivity contribution in [2.24, 2.45) is 0 Å². The molecule has 1 N–H and O–H groups in total. The first-order valence-electron chi connectivity index (χ1n) is 5.49. The molecule has 100 valence electrons. The lowest BCUT2D eigenvalue weighted by Crippen LogP contribution is -2.15. The molecule has 0 radical (unpaired) electrons. The van der Waals surface area contributed by atoms with Crippen molar-refractivity contribution in [2.75, 3.05) is 31.4 Å². The van der Waals surface area contributed by atoms with Gasteiger partial charge in [-0.05, 0) is 23.9 Å². The molecule has 0 fully saturated rings. The smallest absolute Gasteiger partial charge is 0.230 e. The van der Waals surface area contributed by atoms with Gasteiger partial charge in [0.25, 0.3) is 0 Å². The minimum absolute atomic E-state index is 0.523. The van der Waals surface area contributed by atoms with Crippen LogP contribution in [0.2, 0.25) is 5.02 Å². The molecule has 0 atom stereocenters. The van der Waals surface area contributed by atoms with Gasteiger partial charge in [0.05, 0.1) is 5.02 Å². The van der Waals surface area contributed by atoms with Crippen LogP contribution in [-0.4, -0.2) is 41.1 Å². The number of aromatic nitrogens is 4. The number of hydrogen-bond donors (Lipinski definition) is 1. The van der Waals surface area contributed by atoms with Crippen molar-refractivity contribution in [3.05, 3.63) is 23.4 Å². The van der Waals surface area contributed by atoms with Gasteiger partial charge in [-0.2, -0.15) is 15.0 Å². The molecule has 0 spiro atoms. The molecule has 8 heteroatoms. The van der Waals surface area contributed by atoms with Crippen molar-refractivity contribution in [2.45, 2.75) is 10.2 Å². The maximum atomic E-state index is 5.80. The molecule has 0 saturated heterocycles. The molecule has 2 aromatic heterocycles. The zero-order valence-electron chi connectivity index (χ0n) is 10.8. The molecule has 0 aliphatic carbocycles. The van der Waals surface area contributed by atoms with E-state index in [0.717, 1.165) is 5.03 Å². The first-order valence-corrected chi connectivity index (χ1v) is 6.68. The predicted octanol–water partition coefficient (Wildman–Crippen LogP) is 2.18. The molecular formula is C11H13ClN6S. The monoisotopic (exact) mass is 296 g/mol. The SMILES string of the molecule is CNc1nc(Sc2ccc(Cl)cn2)nc(N(C)C)n1. The van der Waals surface area contributed by atoms with Crippen molar-refractivity contribution in [3.8, 4) is 0 Å². The Morgan fingerprint density at radius 2 is 2.00 bits per heavy atom. The van der Waals surface area contributed by atoms with Crippen LogP contribution in [-0.2, 0) is 0 Å². The molecule has 2 aromatic rings. The third-order valence-electron chi connectivity index (χ3n) is 2.12. The zero-order chi connectivity index (χ0) is 13.8. The Balaban J connectivity index is 2.28. The van der Waals surface area contributed by atoms with Gasteiger partial charge in [-0.25, -0.2) is 4.98 Å². The summed E-state index contributed by atoms with van der Waals surface area (Å²) in [5.74, 6) is 1.12. The first kappa shape index (κ1) is 13.8. The topological polar surface area (TPSA) is 66.8 Å². The van der Waals surface area contributed by atoms with Crippen molar-refractivity contribution in [1.82, 2.24) is 19.9 Å². The molecule has 0 aliphatic rings. The van der Waals surface area contributed by atoms with Gasteiger partial charge in [-0.1, -0.05) is 11.6 Å². The molecule has 2 heterocycles. The quantitative estimate of drug-likeness (QED) is 0.927. The van der Waals surface area contributed by atoms with E-state index in [1.807, 2.05) is 25.1 Å². The molecular weight excluding hydrogens is 284 g/mol. The van der Waals surface area contributed by atoms with E-state index in [2.05, 4.69) is 25.3 Å². The summed E-state index contributed by atoms with van der Waals surface area (Å²) in [6.07, 6.45) is 1.59. The lowest BCUT2D eigenvalue weighted by Gasteiger charge is -2.11. The third-order valence-corrected chi connectivity index (χ3v) is 3.16. The van der Waals surface area contributed by atoms with Crippen LogP contribution in [0, 0.1) is 0 Å². The van der Waals surface area contributed by atoms with Crippen LogP contribution in [0.4, 0.5) is 11.9 Å². The van der Waals surface area contributed by atoms with Crippen LogP contribution < -0.4 is 10.2 Å². The summed E-state index contributed by atoms with van der Waals surface area (Å²) in [6, 6.07) is 3.61. The molecule has 0 unspecified atom stereocenters. The predicted molar refractivity (Wildman–Crippen MR) is 77.1 cm³/mol. The summed E-state index contributed by atoms with van der Waals surface area (Å²) in [4.78, 5) is 18.9. The maximum absolute atomic E-state index is 5.80. The summed E-state index contributed by atoms with van der Waals surface area (Å²) < 4.78 is 0. The number of anilines is 2. The second-order valence-electron chi connectivity index (χ2n) is 3.80. The number of halogens is 1. The maximum Gasteiger partial charge on any atom is 0.230 e. The number of nitrogens with zero attached hydrogens (tertiary/aromatic N) is 5. The molecule has 0 saturated carbocycles. The number of rotatable bonds is 4. The fourth-order valence-electron chi connectivity index (χ4n) is 1.22. The van der Waals surface area contributed by atoms with E-state index in [-0.39, 0.29) is 0 Å². The summed E-state index contributed by atoms with van der Waals surface area (Å²) in [7, 11) is 5.53. The van der Waals surface area contributed by atoms with Crippen molar-refractivity contribution >= 4 is 35.3 Å². The second kappa shape index (κ2) is 6.03. The molecule has 2 rings (SSSR count). The Morgan fingerprint density at radius 1 is 1.21 bits per heavy atom. The first-order chi connectivity index (χ1) is 9.08. The molecule has 0 amide bonds. The fourth-order valence-corrected chi connectivity index (χ4v) is 2.02. The highest BCUT2D eigenvalue weighted by Crippen LogP contribution is 2.25. The van der Waals surface area contributed by atoms with Crippen molar-refractivity contribution in [3.63, 3.8) is 0 Å². The van der Waals surface area contributed by atoms with Crippen molar-refractivity contribution in [1.29, 1.82) is 0 Å². The van der Waals surface area contributed by atoms with Gasteiger partial charge in [-0.15, -0.1) is 0 Å². The van der Waals surface area contributed by atoms with Crippen LogP contribution in [0.3, 0.4) is 0 Å². The van der Waals surface area contributed by atoms with Gasteiger partial charge >= 0.3 is 0 Å². The second-order valence-corrected chi connectivity index (χ2v) is 5.23. The largest absolute Gasteiger partial charge is 0.357 e. The minimum atomic E-state index is 0.523. The van der Waals surface area contributed by atoms with Crippen molar-refractivity contribution < 1.29 is 0 Å². The van der Waals surface area contributed by atoms with E-state index in [9.17, 15) is 0 Å². The van der Waals surface area contributed by atoms with Crippen LogP contribution in [0.15, 0.2) is 28.5 Å². The molecule has 0 aromatic carbocycles. The average Bonchev–Trinajstić information content (AvgIpc) is 2.41. The Labute approximate surface area is 120 Å². The van der Waals surface area contributed by atoms with Gasteiger partial charge in [0.15, 0.2) is 0 Å². The summed E-state index contributed by atoms with van der Waals surface area (Å²) >= 11 is 7.16. The number of hydrogen-bond acceptors (Lipinski definition) is 7. The van der Waals surface area contributed by atoms with Crippen LogP contribution in [0.1, 0.15) is 0 Å². The van der Waals surface area contributed by atoms with Gasteiger partial charge in [-0.3, -0.25) is 0 Å². The Morgan fingerprint density at radius 3 is 2.58 bits per heavy atom. The fraction of sp³-hybridized carbons (Fsp3) is 0.273. The van der Waals surface area contributed by atoms with Gasteiger partial charge in [0.2, 0.25) is 17.1 Å². The summed E-state index contributed by atoms with van der Waals surface area (Å²) in [6.45, 7) is 0. The van der Waals surface area contributed by atoms with Crippen LogP contribution in [0.25, 0.3) is 0 Å². The Kier molecular flexibility index (Phi) is 4.39. The lowest BCUT2D eigenvalue weighted by molar-refractivity contribution is 0.868. The third kappa shape index (κ3) is 3.68. The standard InChI is InChI=1S/C11H13ClN6S/c1-13-9-15-10(18(2)3)17-11(16-9)19-8-5-4-7(12)6-14-8/h4-6H,1-3H3,(H,13,15,16,17). The normalized spacial score (nSPS) is 10.3.